The predicted molar refractivity (Wildman–Crippen MR) is 92.9 cm³/mol. The van der Waals surface area contributed by atoms with Crippen molar-refractivity contribution in [1.82, 2.24) is 10.6 Å². The molecule has 0 radical (unpaired) electrons. The normalized spacial score (nSPS) is 12.6. The molecule has 0 aromatic heterocycles. The topological polar surface area (TPSA) is 125 Å². The molecule has 25 heavy (non-hydrogen) atoms. The van der Waals surface area contributed by atoms with Gasteiger partial charge in [-0.1, -0.05) is 52.8 Å². The Morgan fingerprint density at radius 3 is 2.32 bits per heavy atom. The van der Waals surface area contributed by atoms with Gasteiger partial charge in [-0.15, -0.1) is 0 Å². The molecule has 0 spiro atoms. The van der Waals surface area contributed by atoms with Crippen LogP contribution in [0.25, 0.3) is 0 Å². The van der Waals surface area contributed by atoms with Gasteiger partial charge in [-0.2, -0.15) is 0 Å². The minimum Gasteiger partial charge on any atom is -0.480 e. The third kappa shape index (κ3) is 7.81. The highest BCUT2D eigenvalue weighted by molar-refractivity contribution is 9.11. The highest BCUT2D eigenvalue weighted by Crippen LogP contribution is 2.10. The van der Waals surface area contributed by atoms with Gasteiger partial charge in [0, 0.05) is 6.42 Å². The van der Waals surface area contributed by atoms with E-state index < -0.39 is 36.7 Å². The number of aliphatic hydroxyl groups excluding tert-OH is 1. The second-order valence-electron chi connectivity index (χ2n) is 5.06. The predicted octanol–water partition coefficient (Wildman–Crippen LogP) is 1.14. The molecule has 0 fully saturated rings. The molecule has 8 nitrogen and oxygen atoms in total. The number of hydrogen-bond donors (Lipinski definition) is 4. The Morgan fingerprint density at radius 2 is 1.80 bits per heavy atom. The number of ether oxygens (including phenoxy) is 1. The van der Waals surface area contributed by atoms with E-state index in [1.807, 2.05) is 6.07 Å². The van der Waals surface area contributed by atoms with E-state index in [1.165, 1.54) is 0 Å². The van der Waals surface area contributed by atoms with Crippen LogP contribution in [0.5, 0.6) is 0 Å². The minimum atomic E-state index is -1.34. The fraction of sp³-hybridized carbons (Fsp3) is 0.312. The summed E-state index contributed by atoms with van der Waals surface area (Å²) in [5.74, 6) is -2.11. The summed E-state index contributed by atoms with van der Waals surface area (Å²) in [6.07, 6.45) is -0.952. The molecule has 2 amide bonds. The molecule has 0 aliphatic carbocycles. The number of hydrogen-bond acceptors (Lipinski definition) is 5. The zero-order valence-electron chi connectivity index (χ0n) is 13.3. The zero-order valence-corrected chi connectivity index (χ0v) is 14.9. The van der Waals surface area contributed by atoms with E-state index in [2.05, 4.69) is 33.1 Å². The molecule has 0 bridgehead atoms. The number of carboxylic acids is 1. The van der Waals surface area contributed by atoms with Crippen molar-refractivity contribution in [2.75, 3.05) is 6.61 Å². The minimum absolute atomic E-state index is 0.00635. The number of aliphatic hydroxyl groups is 1. The van der Waals surface area contributed by atoms with Crippen LogP contribution in [0.15, 0.2) is 41.4 Å². The molecule has 0 unspecified atom stereocenters. The first-order chi connectivity index (χ1) is 11.8. The summed E-state index contributed by atoms with van der Waals surface area (Å²) in [4.78, 5) is 34.9. The average Bonchev–Trinajstić information content (AvgIpc) is 2.57. The smallest absolute Gasteiger partial charge is 0.408 e. The van der Waals surface area contributed by atoms with Gasteiger partial charge in [-0.05, 0) is 10.0 Å². The molecule has 2 atom stereocenters. The first-order valence-corrected chi connectivity index (χ1v) is 8.07. The van der Waals surface area contributed by atoms with Crippen LogP contribution in [-0.2, 0) is 20.9 Å². The van der Waals surface area contributed by atoms with Crippen molar-refractivity contribution in [2.24, 2.45) is 0 Å². The Morgan fingerprint density at radius 1 is 1.16 bits per heavy atom. The number of amides is 2. The lowest BCUT2D eigenvalue weighted by Crippen LogP contribution is -2.53. The summed E-state index contributed by atoms with van der Waals surface area (Å²) >= 11 is 3.02. The molecule has 1 rings (SSSR count). The maximum absolute atomic E-state index is 12.0. The van der Waals surface area contributed by atoms with Crippen LogP contribution in [0.4, 0.5) is 4.79 Å². The molecule has 4 N–H and O–H groups in total. The lowest BCUT2D eigenvalue weighted by Gasteiger charge is -2.19. The van der Waals surface area contributed by atoms with Crippen molar-refractivity contribution in [3.05, 3.63) is 47.0 Å². The summed E-state index contributed by atoms with van der Waals surface area (Å²) in [6.45, 7) is 2.79. The van der Waals surface area contributed by atoms with Gasteiger partial charge in [0.25, 0.3) is 0 Å². The number of carboxylic acid groups (broad SMARTS) is 1. The Balaban J connectivity index is 2.55. The number of carbonyl (C=O) groups is 3. The summed E-state index contributed by atoms with van der Waals surface area (Å²) in [7, 11) is 0. The van der Waals surface area contributed by atoms with Crippen LogP contribution < -0.4 is 10.6 Å². The molecule has 0 aliphatic rings. The fourth-order valence-electron chi connectivity index (χ4n) is 1.80. The van der Waals surface area contributed by atoms with E-state index in [9.17, 15) is 19.5 Å². The highest BCUT2D eigenvalue weighted by atomic mass is 79.9. The lowest BCUT2D eigenvalue weighted by atomic mass is 10.2. The van der Waals surface area contributed by atoms with Gasteiger partial charge in [0.05, 0.1) is 6.61 Å². The van der Waals surface area contributed by atoms with Crippen LogP contribution in [0, 0.1) is 0 Å². The average molecular weight is 415 g/mol. The van der Waals surface area contributed by atoms with Crippen LogP contribution in [0.3, 0.4) is 0 Å². The van der Waals surface area contributed by atoms with Crippen molar-refractivity contribution in [3.63, 3.8) is 0 Å². The van der Waals surface area contributed by atoms with Gasteiger partial charge >= 0.3 is 12.1 Å². The van der Waals surface area contributed by atoms with E-state index in [0.29, 0.717) is 4.48 Å². The van der Waals surface area contributed by atoms with Crippen LogP contribution in [0.1, 0.15) is 12.0 Å². The molecule has 1 aromatic rings. The maximum atomic E-state index is 12.0. The Bertz CT molecular complexity index is 622. The first kappa shape index (κ1) is 20.7. The Kier molecular flexibility index (Phi) is 8.65. The maximum Gasteiger partial charge on any atom is 0.408 e. The number of alkyl carbamates (subject to hydrolysis) is 1. The second-order valence-corrected chi connectivity index (χ2v) is 6.18. The van der Waals surface area contributed by atoms with Gasteiger partial charge in [-0.3, -0.25) is 4.79 Å². The van der Waals surface area contributed by atoms with Crippen molar-refractivity contribution >= 4 is 33.9 Å². The number of carbonyl (C=O) groups excluding carboxylic acids is 2. The Hall–Kier alpha value is -2.39. The van der Waals surface area contributed by atoms with E-state index in [-0.39, 0.29) is 13.0 Å². The van der Waals surface area contributed by atoms with E-state index >= 15 is 0 Å². The van der Waals surface area contributed by atoms with Crippen molar-refractivity contribution in [1.29, 1.82) is 0 Å². The molecule has 1 aromatic carbocycles. The van der Waals surface area contributed by atoms with E-state index in [1.54, 1.807) is 24.3 Å². The van der Waals surface area contributed by atoms with Crippen molar-refractivity contribution in [2.45, 2.75) is 25.1 Å². The number of benzene rings is 1. The number of nitrogens with one attached hydrogen (secondary N) is 2. The third-order valence-corrected chi connectivity index (χ3v) is 3.37. The van der Waals surface area contributed by atoms with Gasteiger partial charge < -0.3 is 25.6 Å². The van der Waals surface area contributed by atoms with Crippen LogP contribution in [0.2, 0.25) is 0 Å². The molecule has 0 aliphatic heterocycles. The highest BCUT2D eigenvalue weighted by Gasteiger charge is 2.26. The van der Waals surface area contributed by atoms with E-state index in [0.717, 1.165) is 5.56 Å². The summed E-state index contributed by atoms with van der Waals surface area (Å²) < 4.78 is 5.33. The molecular formula is C16H19BrN2O6. The van der Waals surface area contributed by atoms with Gasteiger partial charge in [-0.25, -0.2) is 9.59 Å². The molecule has 136 valence electrons. The standard InChI is InChI=1S/C16H19BrN2O6/c1-10(17)7-12(15(22)23)18-14(21)13(8-20)19-16(24)25-9-11-5-3-2-4-6-11/h2-6,12-13,20H,1,7-9H2,(H,18,21)(H,19,24)(H,22,23)/t12-,13+/m1/s1. The molecule has 0 heterocycles. The SMILES string of the molecule is C=C(Br)C[C@@H](NC(=O)[C@H](CO)NC(=O)OCc1ccccc1)C(=O)O. The van der Waals surface area contributed by atoms with Gasteiger partial charge in [0.15, 0.2) is 0 Å². The monoisotopic (exact) mass is 414 g/mol. The van der Waals surface area contributed by atoms with Crippen molar-refractivity contribution < 1.29 is 29.3 Å². The quantitative estimate of drug-likeness (QED) is 0.480. The summed E-state index contributed by atoms with van der Waals surface area (Å²) in [5, 5.41) is 22.7. The van der Waals surface area contributed by atoms with Crippen LogP contribution in [-0.4, -0.2) is 46.9 Å². The largest absolute Gasteiger partial charge is 0.480 e. The number of rotatable bonds is 9. The fourth-order valence-corrected chi connectivity index (χ4v) is 2.12. The lowest BCUT2D eigenvalue weighted by molar-refractivity contribution is -0.142. The number of halogens is 1. The molecular weight excluding hydrogens is 396 g/mol. The van der Waals surface area contributed by atoms with E-state index in [4.69, 9.17) is 9.84 Å². The van der Waals surface area contributed by atoms with Crippen molar-refractivity contribution in [3.8, 4) is 0 Å². The second kappa shape index (κ2) is 10.5. The third-order valence-electron chi connectivity index (χ3n) is 3.04. The van der Waals surface area contributed by atoms with Gasteiger partial charge in [0.2, 0.25) is 5.91 Å². The molecule has 9 heteroatoms. The number of aliphatic carboxylic acids is 1. The zero-order chi connectivity index (χ0) is 18.8. The molecule has 0 saturated heterocycles. The van der Waals surface area contributed by atoms with Crippen LogP contribution >= 0.6 is 15.9 Å². The summed E-state index contributed by atoms with van der Waals surface area (Å²) in [6, 6.07) is 6.32. The van der Waals surface area contributed by atoms with Gasteiger partial charge in [0.1, 0.15) is 18.7 Å². The molecule has 0 saturated carbocycles. The Labute approximate surface area is 153 Å². The first-order valence-electron chi connectivity index (χ1n) is 7.28. The summed E-state index contributed by atoms with van der Waals surface area (Å²) in [5.41, 5.74) is 0.754.